The Kier molecular flexibility index (Phi) is 5.35. The molecule has 1 fully saturated rings. The molecule has 8 heteroatoms. The van der Waals surface area contributed by atoms with Crippen molar-refractivity contribution in [2.75, 3.05) is 26.2 Å². The van der Waals surface area contributed by atoms with Crippen LogP contribution in [0, 0.1) is 0 Å². The number of hydrogen-bond donors (Lipinski definition) is 1. The summed E-state index contributed by atoms with van der Waals surface area (Å²) in [6.07, 6.45) is 1.77. The molecule has 0 atom stereocenters. The van der Waals surface area contributed by atoms with Crippen molar-refractivity contribution in [3.8, 4) is 11.3 Å². The first-order valence-electron chi connectivity index (χ1n) is 8.02. The minimum absolute atomic E-state index is 0.108. The van der Waals surface area contributed by atoms with Crippen molar-refractivity contribution in [3.05, 3.63) is 40.6 Å². The Morgan fingerprint density at radius 3 is 2.60 bits per heavy atom. The normalized spacial score (nSPS) is 15.8. The standard InChI is InChI=1S/C17H19ClN4O3/c1-2-19-22-9-7-21(8-10-22)11-14-15(17(23)24)16(20-25-14)12-3-5-13(18)6-4-12/h2-6H,7-11H2,1H3,(H,23,24)/b19-2-. The Balaban J connectivity index is 1.78. The third-order valence-electron chi connectivity index (χ3n) is 4.09. The van der Waals surface area contributed by atoms with Crippen LogP contribution in [0.5, 0.6) is 0 Å². The predicted molar refractivity (Wildman–Crippen MR) is 94.9 cm³/mol. The first-order valence-corrected chi connectivity index (χ1v) is 8.40. The van der Waals surface area contributed by atoms with E-state index in [9.17, 15) is 9.90 Å². The highest BCUT2D eigenvalue weighted by molar-refractivity contribution is 6.30. The van der Waals surface area contributed by atoms with Crippen molar-refractivity contribution in [3.63, 3.8) is 0 Å². The molecule has 25 heavy (non-hydrogen) atoms. The van der Waals surface area contributed by atoms with Crippen LogP contribution < -0.4 is 0 Å². The number of hydrazone groups is 1. The summed E-state index contributed by atoms with van der Waals surface area (Å²) in [6.45, 7) is 5.46. The molecule has 1 aromatic heterocycles. The summed E-state index contributed by atoms with van der Waals surface area (Å²) in [4.78, 5) is 13.9. The van der Waals surface area contributed by atoms with Crippen LogP contribution in [0.15, 0.2) is 33.9 Å². The van der Waals surface area contributed by atoms with Crippen LogP contribution in [0.2, 0.25) is 5.02 Å². The van der Waals surface area contributed by atoms with Crippen LogP contribution in [-0.4, -0.2) is 58.5 Å². The fraction of sp³-hybridized carbons (Fsp3) is 0.353. The molecule has 1 saturated heterocycles. The van der Waals surface area contributed by atoms with Gasteiger partial charge in [-0.05, 0) is 19.1 Å². The monoisotopic (exact) mass is 362 g/mol. The van der Waals surface area contributed by atoms with Crippen molar-refractivity contribution in [1.29, 1.82) is 0 Å². The third kappa shape index (κ3) is 4.00. The molecule has 1 aromatic carbocycles. The third-order valence-corrected chi connectivity index (χ3v) is 4.34. The van der Waals surface area contributed by atoms with Gasteiger partial charge in [-0.1, -0.05) is 28.9 Å². The van der Waals surface area contributed by atoms with Crippen molar-refractivity contribution in [2.45, 2.75) is 13.5 Å². The number of nitrogens with zero attached hydrogens (tertiary/aromatic N) is 4. The van der Waals surface area contributed by atoms with Crippen LogP contribution in [0.25, 0.3) is 11.3 Å². The van der Waals surface area contributed by atoms with Gasteiger partial charge < -0.3 is 9.63 Å². The van der Waals surface area contributed by atoms with E-state index in [1.165, 1.54) is 0 Å². The molecule has 0 saturated carbocycles. The van der Waals surface area contributed by atoms with Gasteiger partial charge in [0.1, 0.15) is 11.3 Å². The zero-order chi connectivity index (χ0) is 17.8. The van der Waals surface area contributed by atoms with Crippen LogP contribution in [0.4, 0.5) is 0 Å². The Bertz CT molecular complexity index is 765. The van der Waals surface area contributed by atoms with Crippen LogP contribution in [0.1, 0.15) is 23.0 Å². The van der Waals surface area contributed by atoms with E-state index in [-0.39, 0.29) is 5.56 Å². The van der Waals surface area contributed by atoms with E-state index >= 15 is 0 Å². The largest absolute Gasteiger partial charge is 0.477 e. The maximum Gasteiger partial charge on any atom is 0.341 e. The van der Waals surface area contributed by atoms with Crippen molar-refractivity contribution >= 4 is 23.8 Å². The van der Waals surface area contributed by atoms with Crippen LogP contribution >= 0.6 is 11.6 Å². The number of aromatic nitrogens is 1. The Morgan fingerprint density at radius 2 is 2.00 bits per heavy atom. The van der Waals surface area contributed by atoms with Gasteiger partial charge in [-0.2, -0.15) is 5.10 Å². The van der Waals surface area contributed by atoms with Crippen LogP contribution in [-0.2, 0) is 6.54 Å². The van der Waals surface area contributed by atoms with E-state index in [1.807, 2.05) is 11.9 Å². The van der Waals surface area contributed by atoms with Gasteiger partial charge in [-0.25, -0.2) is 4.79 Å². The number of halogens is 1. The van der Waals surface area contributed by atoms with Gasteiger partial charge in [0.15, 0.2) is 5.76 Å². The average Bonchev–Trinajstić information content (AvgIpc) is 3.01. The molecule has 0 bridgehead atoms. The number of carboxylic acid groups (broad SMARTS) is 1. The second kappa shape index (κ2) is 7.67. The molecule has 0 aliphatic carbocycles. The first kappa shape index (κ1) is 17.4. The smallest absolute Gasteiger partial charge is 0.341 e. The number of aromatic carboxylic acids is 1. The Labute approximate surface area is 150 Å². The minimum atomic E-state index is -1.05. The molecule has 0 amide bonds. The van der Waals surface area contributed by atoms with Gasteiger partial charge >= 0.3 is 5.97 Å². The molecule has 2 heterocycles. The molecule has 0 unspecified atom stereocenters. The first-order chi connectivity index (χ1) is 12.1. The molecule has 2 aromatic rings. The van der Waals surface area contributed by atoms with E-state index < -0.39 is 5.97 Å². The number of hydrogen-bond acceptors (Lipinski definition) is 6. The summed E-state index contributed by atoms with van der Waals surface area (Å²) in [5, 5.41) is 20.4. The molecule has 1 N–H and O–H groups in total. The summed E-state index contributed by atoms with van der Waals surface area (Å²) in [5.74, 6) is -0.680. The molecular weight excluding hydrogens is 344 g/mol. The van der Waals surface area contributed by atoms with E-state index in [4.69, 9.17) is 16.1 Å². The Morgan fingerprint density at radius 1 is 1.32 bits per heavy atom. The van der Waals surface area contributed by atoms with Crippen LogP contribution in [0.3, 0.4) is 0 Å². The summed E-state index contributed by atoms with van der Waals surface area (Å²) in [5.41, 5.74) is 1.10. The summed E-state index contributed by atoms with van der Waals surface area (Å²) < 4.78 is 5.37. The van der Waals surface area contributed by atoms with Crippen molar-refractivity contribution < 1.29 is 14.4 Å². The number of carboxylic acids is 1. The average molecular weight is 363 g/mol. The highest BCUT2D eigenvalue weighted by atomic mass is 35.5. The molecule has 0 spiro atoms. The number of benzene rings is 1. The van der Waals surface area contributed by atoms with E-state index in [1.54, 1.807) is 30.5 Å². The topological polar surface area (TPSA) is 82.2 Å². The lowest BCUT2D eigenvalue weighted by molar-refractivity contribution is 0.0690. The highest BCUT2D eigenvalue weighted by Gasteiger charge is 2.26. The van der Waals surface area contributed by atoms with E-state index in [0.29, 0.717) is 28.6 Å². The fourth-order valence-corrected chi connectivity index (χ4v) is 2.96. The van der Waals surface area contributed by atoms with Gasteiger partial charge in [-0.3, -0.25) is 9.91 Å². The molecule has 1 aliphatic rings. The van der Waals surface area contributed by atoms with Gasteiger partial charge in [0, 0.05) is 43.0 Å². The highest BCUT2D eigenvalue weighted by Crippen LogP contribution is 2.27. The zero-order valence-corrected chi connectivity index (χ0v) is 14.6. The SMILES string of the molecule is C/C=N\N1CCN(Cc2onc(-c3ccc(Cl)cc3)c2C(=O)O)CC1. The maximum absolute atomic E-state index is 11.8. The van der Waals surface area contributed by atoms with Crippen molar-refractivity contribution in [1.82, 2.24) is 15.1 Å². The Hall–Kier alpha value is -2.38. The number of carbonyl (C=O) groups is 1. The van der Waals surface area contributed by atoms with Gasteiger partial charge in [0.25, 0.3) is 0 Å². The second-order valence-electron chi connectivity index (χ2n) is 5.74. The van der Waals surface area contributed by atoms with E-state index in [2.05, 4.69) is 15.2 Å². The van der Waals surface area contributed by atoms with Gasteiger partial charge in [0.2, 0.25) is 0 Å². The lowest BCUT2D eigenvalue weighted by atomic mass is 10.1. The predicted octanol–water partition coefficient (Wildman–Crippen LogP) is 2.82. The maximum atomic E-state index is 11.8. The summed E-state index contributed by atoms with van der Waals surface area (Å²) in [6, 6.07) is 6.87. The number of piperazine rings is 1. The molecule has 3 rings (SSSR count). The molecule has 7 nitrogen and oxygen atoms in total. The number of rotatable bonds is 5. The van der Waals surface area contributed by atoms with Crippen molar-refractivity contribution in [2.24, 2.45) is 5.10 Å². The van der Waals surface area contributed by atoms with Gasteiger partial charge in [-0.15, -0.1) is 0 Å². The molecule has 0 radical (unpaired) electrons. The molecule has 132 valence electrons. The van der Waals surface area contributed by atoms with E-state index in [0.717, 1.165) is 26.2 Å². The zero-order valence-electron chi connectivity index (χ0n) is 13.9. The molecule has 1 aliphatic heterocycles. The quantitative estimate of drug-likeness (QED) is 0.823. The fourth-order valence-electron chi connectivity index (χ4n) is 2.83. The second-order valence-corrected chi connectivity index (χ2v) is 6.18. The molecular formula is C17H19ClN4O3. The lowest BCUT2D eigenvalue weighted by Crippen LogP contribution is -2.43. The minimum Gasteiger partial charge on any atom is -0.477 e. The van der Waals surface area contributed by atoms with Gasteiger partial charge in [0.05, 0.1) is 6.54 Å². The summed E-state index contributed by atoms with van der Waals surface area (Å²) in [7, 11) is 0. The summed E-state index contributed by atoms with van der Waals surface area (Å²) >= 11 is 5.89. The lowest BCUT2D eigenvalue weighted by Gasteiger charge is -2.32.